The largest absolute Gasteiger partial charge is 0.326 e. The molecule has 1 aromatic carbocycles. The number of halogens is 1. The minimum absolute atomic E-state index is 0.491. The highest BCUT2D eigenvalue weighted by Crippen LogP contribution is 2.16. The fraction of sp³-hybridized carbons (Fsp3) is 0.111. The minimum Gasteiger partial charge on any atom is -0.326 e. The van der Waals surface area contributed by atoms with Gasteiger partial charge in [-0.3, -0.25) is 0 Å². The Morgan fingerprint density at radius 2 is 2.27 bits per heavy atom. The van der Waals surface area contributed by atoms with Gasteiger partial charge in [-0.1, -0.05) is 23.6 Å². The van der Waals surface area contributed by atoms with Crippen molar-refractivity contribution in [1.29, 1.82) is 0 Å². The van der Waals surface area contributed by atoms with Crippen LogP contribution in [0.15, 0.2) is 18.2 Å². The molecule has 11 heavy (non-hydrogen) atoms. The third-order valence-electron chi connectivity index (χ3n) is 1.42. The molecule has 0 aromatic heterocycles. The van der Waals surface area contributed by atoms with Gasteiger partial charge in [-0.25, -0.2) is 0 Å². The first-order chi connectivity index (χ1) is 5.27. The summed E-state index contributed by atoms with van der Waals surface area (Å²) in [5, 5.41) is 0.593. The molecule has 0 fully saturated rings. The lowest BCUT2D eigenvalue weighted by molar-refractivity contribution is 1.07. The van der Waals surface area contributed by atoms with E-state index in [0.717, 1.165) is 5.56 Å². The van der Waals surface area contributed by atoms with E-state index in [4.69, 9.17) is 23.8 Å². The molecule has 0 saturated heterocycles. The SMILES string of the molecule is C#Cc1ccc(CN)cc1Cl. The molecule has 0 aliphatic carbocycles. The van der Waals surface area contributed by atoms with Crippen LogP contribution in [-0.2, 0) is 6.54 Å². The third kappa shape index (κ3) is 1.74. The van der Waals surface area contributed by atoms with Gasteiger partial charge >= 0.3 is 0 Å². The first kappa shape index (κ1) is 8.13. The zero-order valence-corrected chi connectivity index (χ0v) is 6.73. The highest BCUT2D eigenvalue weighted by Gasteiger charge is 1.96. The fourth-order valence-corrected chi connectivity index (χ4v) is 1.06. The molecule has 0 atom stereocenters. The summed E-state index contributed by atoms with van der Waals surface area (Å²) in [5.74, 6) is 2.47. The van der Waals surface area contributed by atoms with Crippen LogP contribution >= 0.6 is 11.6 Å². The first-order valence-corrected chi connectivity index (χ1v) is 3.61. The predicted molar refractivity (Wildman–Crippen MR) is 47.3 cm³/mol. The Bertz CT molecular complexity index is 299. The maximum Gasteiger partial charge on any atom is 0.0565 e. The van der Waals surface area contributed by atoms with Gasteiger partial charge < -0.3 is 5.73 Å². The molecule has 0 amide bonds. The van der Waals surface area contributed by atoms with E-state index >= 15 is 0 Å². The highest BCUT2D eigenvalue weighted by atomic mass is 35.5. The van der Waals surface area contributed by atoms with E-state index in [9.17, 15) is 0 Å². The molecule has 1 nitrogen and oxygen atoms in total. The van der Waals surface area contributed by atoms with Crippen LogP contribution in [0.2, 0.25) is 5.02 Å². The van der Waals surface area contributed by atoms with E-state index in [2.05, 4.69) is 5.92 Å². The molecule has 0 spiro atoms. The standard InChI is InChI=1S/C9H8ClN/c1-2-8-4-3-7(6-11)5-9(8)10/h1,3-5H,6,11H2. The second kappa shape index (κ2) is 3.43. The van der Waals surface area contributed by atoms with Crippen molar-refractivity contribution in [3.63, 3.8) is 0 Å². The van der Waals surface area contributed by atoms with E-state index in [-0.39, 0.29) is 0 Å². The summed E-state index contributed by atoms with van der Waals surface area (Å²) in [6.07, 6.45) is 5.18. The lowest BCUT2D eigenvalue weighted by Gasteiger charge is -1.98. The summed E-state index contributed by atoms with van der Waals surface area (Å²) >= 11 is 5.81. The second-order valence-corrected chi connectivity index (χ2v) is 2.57. The van der Waals surface area contributed by atoms with Gasteiger partial charge in [-0.15, -0.1) is 6.42 Å². The third-order valence-corrected chi connectivity index (χ3v) is 1.74. The molecule has 2 heteroatoms. The molecule has 0 radical (unpaired) electrons. The molecule has 0 aliphatic heterocycles. The van der Waals surface area contributed by atoms with Crippen LogP contribution in [0.3, 0.4) is 0 Å². The summed E-state index contributed by atoms with van der Waals surface area (Å²) in [6.45, 7) is 0.491. The fourth-order valence-electron chi connectivity index (χ4n) is 0.803. The Morgan fingerprint density at radius 1 is 1.55 bits per heavy atom. The van der Waals surface area contributed by atoms with Crippen LogP contribution < -0.4 is 5.73 Å². The van der Waals surface area contributed by atoms with Gasteiger partial charge in [0.25, 0.3) is 0 Å². The zero-order valence-electron chi connectivity index (χ0n) is 5.97. The molecular weight excluding hydrogens is 158 g/mol. The monoisotopic (exact) mass is 165 g/mol. The summed E-state index contributed by atoms with van der Waals surface area (Å²) in [6, 6.07) is 5.46. The molecule has 0 aliphatic rings. The molecular formula is C9H8ClN. The lowest BCUT2D eigenvalue weighted by Crippen LogP contribution is -1.95. The normalized spacial score (nSPS) is 9.18. The van der Waals surface area contributed by atoms with Crippen LogP contribution in [0.4, 0.5) is 0 Å². The number of benzene rings is 1. The molecule has 56 valence electrons. The summed E-state index contributed by atoms with van der Waals surface area (Å²) < 4.78 is 0. The van der Waals surface area contributed by atoms with Crippen molar-refractivity contribution in [3.8, 4) is 12.3 Å². The molecule has 0 bridgehead atoms. The minimum atomic E-state index is 0.491. The van der Waals surface area contributed by atoms with Crippen molar-refractivity contribution in [1.82, 2.24) is 0 Å². The Balaban J connectivity index is 3.12. The van der Waals surface area contributed by atoms with Crippen molar-refractivity contribution in [2.75, 3.05) is 0 Å². The Hall–Kier alpha value is -0.970. The van der Waals surface area contributed by atoms with E-state index in [0.29, 0.717) is 17.1 Å². The van der Waals surface area contributed by atoms with Crippen molar-refractivity contribution in [2.45, 2.75) is 6.54 Å². The van der Waals surface area contributed by atoms with Crippen LogP contribution in [0, 0.1) is 12.3 Å². The maximum atomic E-state index is 5.81. The van der Waals surface area contributed by atoms with Crippen molar-refractivity contribution < 1.29 is 0 Å². The van der Waals surface area contributed by atoms with Gasteiger partial charge in [0.2, 0.25) is 0 Å². The molecule has 1 rings (SSSR count). The summed E-state index contributed by atoms with van der Waals surface area (Å²) in [5.41, 5.74) is 7.11. The van der Waals surface area contributed by atoms with Crippen LogP contribution in [-0.4, -0.2) is 0 Å². The highest BCUT2D eigenvalue weighted by molar-refractivity contribution is 6.31. The van der Waals surface area contributed by atoms with Gasteiger partial charge in [0.1, 0.15) is 0 Å². The van der Waals surface area contributed by atoms with Crippen molar-refractivity contribution in [2.24, 2.45) is 5.73 Å². The van der Waals surface area contributed by atoms with Gasteiger partial charge in [0.15, 0.2) is 0 Å². The quantitative estimate of drug-likeness (QED) is 0.631. The van der Waals surface area contributed by atoms with Crippen LogP contribution in [0.1, 0.15) is 11.1 Å². The van der Waals surface area contributed by atoms with Gasteiger partial charge in [0.05, 0.1) is 5.02 Å². The van der Waals surface area contributed by atoms with Gasteiger partial charge in [-0.2, -0.15) is 0 Å². The van der Waals surface area contributed by atoms with Gasteiger partial charge in [0, 0.05) is 12.1 Å². The molecule has 2 N–H and O–H groups in total. The topological polar surface area (TPSA) is 26.0 Å². The van der Waals surface area contributed by atoms with Crippen LogP contribution in [0.25, 0.3) is 0 Å². The number of rotatable bonds is 1. The van der Waals surface area contributed by atoms with Crippen molar-refractivity contribution >= 4 is 11.6 Å². The molecule has 0 saturated carbocycles. The average Bonchev–Trinajstić information content (AvgIpc) is 2.04. The first-order valence-electron chi connectivity index (χ1n) is 3.23. The smallest absolute Gasteiger partial charge is 0.0565 e. The molecule has 0 heterocycles. The van der Waals surface area contributed by atoms with E-state index < -0.39 is 0 Å². The second-order valence-electron chi connectivity index (χ2n) is 2.16. The Labute approximate surface area is 71.2 Å². The van der Waals surface area contributed by atoms with Crippen LogP contribution in [0.5, 0.6) is 0 Å². The molecule has 1 aromatic rings. The Morgan fingerprint density at radius 3 is 2.73 bits per heavy atom. The maximum absolute atomic E-state index is 5.81. The summed E-state index contributed by atoms with van der Waals surface area (Å²) in [4.78, 5) is 0. The average molecular weight is 166 g/mol. The number of hydrogen-bond acceptors (Lipinski definition) is 1. The molecule has 0 unspecified atom stereocenters. The van der Waals surface area contributed by atoms with E-state index in [1.54, 1.807) is 12.1 Å². The summed E-state index contributed by atoms with van der Waals surface area (Å²) in [7, 11) is 0. The number of nitrogens with two attached hydrogens (primary N) is 1. The number of hydrogen-bond donors (Lipinski definition) is 1. The van der Waals surface area contributed by atoms with E-state index in [1.165, 1.54) is 0 Å². The number of terminal acetylenes is 1. The lowest BCUT2D eigenvalue weighted by atomic mass is 10.1. The zero-order chi connectivity index (χ0) is 8.27. The van der Waals surface area contributed by atoms with Crippen molar-refractivity contribution in [3.05, 3.63) is 34.3 Å². The van der Waals surface area contributed by atoms with Gasteiger partial charge in [-0.05, 0) is 17.7 Å². The van der Waals surface area contributed by atoms with E-state index in [1.807, 2.05) is 6.07 Å². The predicted octanol–water partition coefficient (Wildman–Crippen LogP) is 1.78. The Kier molecular flexibility index (Phi) is 2.53.